The van der Waals surface area contributed by atoms with E-state index in [1.165, 1.54) is 5.56 Å². The molecule has 2 aromatic carbocycles. The van der Waals surface area contributed by atoms with E-state index in [2.05, 4.69) is 26.0 Å². The van der Waals surface area contributed by atoms with Gasteiger partial charge in [0.15, 0.2) is 6.61 Å². The lowest BCUT2D eigenvalue weighted by atomic mass is 9.99. The van der Waals surface area contributed by atoms with E-state index in [4.69, 9.17) is 14.6 Å². The first kappa shape index (κ1) is 20.2. The summed E-state index contributed by atoms with van der Waals surface area (Å²) in [5, 5.41) is 8.67. The molecular weight excluding hydrogens is 348 g/mol. The van der Waals surface area contributed by atoms with Gasteiger partial charge in [-0.25, -0.2) is 4.79 Å². The third kappa shape index (κ3) is 6.30. The predicted molar refractivity (Wildman–Crippen MR) is 106 cm³/mol. The van der Waals surface area contributed by atoms with E-state index in [9.17, 15) is 4.79 Å². The molecule has 4 nitrogen and oxygen atoms in total. The number of benzene rings is 2. The number of aryl methyl sites for hydroxylation is 1. The van der Waals surface area contributed by atoms with Crippen molar-refractivity contribution < 1.29 is 19.4 Å². The van der Waals surface area contributed by atoms with Gasteiger partial charge in [-0.3, -0.25) is 0 Å². The molecule has 1 unspecified atom stereocenters. The molecule has 0 amide bonds. The molecule has 0 heterocycles. The number of rotatable bonds is 10. The van der Waals surface area contributed by atoms with Crippen molar-refractivity contribution in [2.75, 3.05) is 19.0 Å². The molecule has 0 saturated carbocycles. The number of carbonyl (C=O) groups is 1. The second kappa shape index (κ2) is 10.1. The maximum Gasteiger partial charge on any atom is 0.341 e. The molecule has 2 aromatic rings. The van der Waals surface area contributed by atoms with Crippen molar-refractivity contribution >= 4 is 17.7 Å². The third-order valence-electron chi connectivity index (χ3n) is 4.18. The minimum absolute atomic E-state index is 0.322. The van der Waals surface area contributed by atoms with Crippen LogP contribution in [0.4, 0.5) is 0 Å². The van der Waals surface area contributed by atoms with E-state index in [1.54, 1.807) is 11.8 Å². The summed E-state index contributed by atoms with van der Waals surface area (Å²) in [5.74, 6) is 1.94. The average molecular weight is 375 g/mol. The fraction of sp³-hybridized carbons (Fsp3) is 0.381. The first-order chi connectivity index (χ1) is 12.5. The van der Waals surface area contributed by atoms with Crippen LogP contribution in [0.3, 0.4) is 0 Å². The predicted octanol–water partition coefficient (Wildman–Crippen LogP) is 5.14. The normalized spacial score (nSPS) is 11.8. The Labute approximate surface area is 159 Å². The van der Waals surface area contributed by atoms with Crippen molar-refractivity contribution in [1.29, 1.82) is 0 Å². The van der Waals surface area contributed by atoms with E-state index in [-0.39, 0.29) is 6.61 Å². The molecule has 0 saturated heterocycles. The molecule has 0 fully saturated rings. The minimum atomic E-state index is -0.975. The summed E-state index contributed by atoms with van der Waals surface area (Å²) in [6.07, 6.45) is 1.14. The molecule has 0 aliphatic heterocycles. The number of hydrogen-bond donors (Lipinski definition) is 1. The van der Waals surface area contributed by atoms with Crippen LogP contribution in [0.15, 0.2) is 47.4 Å². The number of ether oxygens (including phenoxy) is 2. The molecule has 26 heavy (non-hydrogen) atoms. The van der Waals surface area contributed by atoms with Crippen LogP contribution in [0, 0.1) is 6.92 Å². The Morgan fingerprint density at radius 2 is 1.88 bits per heavy atom. The lowest BCUT2D eigenvalue weighted by molar-refractivity contribution is -0.139. The fourth-order valence-corrected chi connectivity index (χ4v) is 3.29. The summed E-state index contributed by atoms with van der Waals surface area (Å²) in [6, 6.07) is 14.1. The molecule has 1 atom stereocenters. The Morgan fingerprint density at radius 3 is 2.50 bits per heavy atom. The van der Waals surface area contributed by atoms with Gasteiger partial charge in [-0.2, -0.15) is 0 Å². The number of thioether (sulfide) groups is 1. The summed E-state index contributed by atoms with van der Waals surface area (Å²) in [4.78, 5) is 11.7. The quantitative estimate of drug-likeness (QED) is 0.461. The van der Waals surface area contributed by atoms with Gasteiger partial charge in [0.25, 0.3) is 0 Å². The van der Waals surface area contributed by atoms with Crippen molar-refractivity contribution in [2.45, 2.75) is 38.0 Å². The highest BCUT2D eigenvalue weighted by molar-refractivity contribution is 7.99. The van der Waals surface area contributed by atoms with Gasteiger partial charge in [0.2, 0.25) is 0 Å². The van der Waals surface area contributed by atoms with Crippen LogP contribution >= 0.6 is 11.8 Å². The van der Waals surface area contributed by atoms with Crippen molar-refractivity contribution in [2.24, 2.45) is 0 Å². The van der Waals surface area contributed by atoms with Crippen LogP contribution in [0.2, 0.25) is 0 Å². The minimum Gasteiger partial charge on any atom is -0.493 e. The van der Waals surface area contributed by atoms with Crippen LogP contribution in [0.25, 0.3) is 0 Å². The molecule has 0 aromatic heterocycles. The molecular formula is C21H26O4S. The largest absolute Gasteiger partial charge is 0.493 e. The van der Waals surface area contributed by atoms with Crippen molar-refractivity contribution in [3.8, 4) is 11.5 Å². The second-order valence-corrected chi connectivity index (χ2v) is 7.35. The van der Waals surface area contributed by atoms with Crippen LogP contribution in [0.5, 0.6) is 11.5 Å². The molecule has 2 rings (SSSR count). The van der Waals surface area contributed by atoms with Crippen molar-refractivity contribution in [1.82, 2.24) is 0 Å². The molecule has 5 heteroatoms. The van der Waals surface area contributed by atoms with E-state index in [0.717, 1.165) is 28.4 Å². The molecule has 0 radical (unpaired) electrons. The molecule has 0 bridgehead atoms. The molecule has 140 valence electrons. The van der Waals surface area contributed by atoms with Crippen LogP contribution in [-0.2, 0) is 4.79 Å². The highest BCUT2D eigenvalue weighted by atomic mass is 32.2. The van der Waals surface area contributed by atoms with E-state index >= 15 is 0 Å². The Bertz CT molecular complexity index is 712. The Balaban J connectivity index is 1.77. The maximum atomic E-state index is 10.6. The number of aliphatic carboxylic acids is 1. The summed E-state index contributed by atoms with van der Waals surface area (Å²) in [5.41, 5.74) is 2.27. The van der Waals surface area contributed by atoms with Gasteiger partial charge in [0.1, 0.15) is 11.5 Å². The summed E-state index contributed by atoms with van der Waals surface area (Å²) < 4.78 is 11.0. The first-order valence-electron chi connectivity index (χ1n) is 8.80. The molecule has 0 spiro atoms. The first-order valence-corrected chi connectivity index (χ1v) is 9.79. The third-order valence-corrected chi connectivity index (χ3v) is 5.14. The maximum absolute atomic E-state index is 10.6. The van der Waals surface area contributed by atoms with Gasteiger partial charge in [0, 0.05) is 10.6 Å². The lowest BCUT2D eigenvalue weighted by Gasteiger charge is -2.11. The Morgan fingerprint density at radius 1 is 1.15 bits per heavy atom. The van der Waals surface area contributed by atoms with Gasteiger partial charge in [-0.1, -0.05) is 26.0 Å². The smallest absolute Gasteiger partial charge is 0.341 e. The summed E-state index contributed by atoms with van der Waals surface area (Å²) in [7, 11) is 0. The van der Waals surface area contributed by atoms with Gasteiger partial charge in [-0.05, 0) is 60.7 Å². The number of hydrogen-bond acceptors (Lipinski definition) is 4. The fourth-order valence-electron chi connectivity index (χ4n) is 2.46. The van der Waals surface area contributed by atoms with Crippen LogP contribution in [0.1, 0.15) is 37.3 Å². The number of carboxylic acids is 1. The second-order valence-electron chi connectivity index (χ2n) is 6.18. The summed E-state index contributed by atoms with van der Waals surface area (Å²) in [6.45, 7) is 6.64. The van der Waals surface area contributed by atoms with Gasteiger partial charge in [0.05, 0.1) is 6.61 Å². The number of carboxylic acid groups (broad SMARTS) is 1. The van der Waals surface area contributed by atoms with E-state index in [1.807, 2.05) is 37.3 Å². The zero-order valence-electron chi connectivity index (χ0n) is 15.5. The van der Waals surface area contributed by atoms with Crippen LogP contribution < -0.4 is 9.47 Å². The van der Waals surface area contributed by atoms with Gasteiger partial charge < -0.3 is 14.6 Å². The molecule has 0 aliphatic rings. The zero-order chi connectivity index (χ0) is 18.9. The van der Waals surface area contributed by atoms with Gasteiger partial charge >= 0.3 is 5.97 Å². The standard InChI is InChI=1S/C21H26O4S/c1-4-15(2)17-5-7-18(8-6-17)24-11-12-26-19-9-10-20(16(3)13-19)25-14-21(22)23/h5-10,13,15H,4,11-12,14H2,1-3H3,(H,22,23). The molecule has 1 N–H and O–H groups in total. The summed E-state index contributed by atoms with van der Waals surface area (Å²) >= 11 is 1.70. The van der Waals surface area contributed by atoms with Crippen molar-refractivity contribution in [3.05, 3.63) is 53.6 Å². The van der Waals surface area contributed by atoms with Gasteiger partial charge in [-0.15, -0.1) is 11.8 Å². The van der Waals surface area contributed by atoms with Crippen LogP contribution in [-0.4, -0.2) is 30.0 Å². The highest BCUT2D eigenvalue weighted by Crippen LogP contribution is 2.26. The zero-order valence-corrected chi connectivity index (χ0v) is 16.3. The van der Waals surface area contributed by atoms with E-state index in [0.29, 0.717) is 18.3 Å². The molecule has 0 aliphatic carbocycles. The highest BCUT2D eigenvalue weighted by Gasteiger charge is 2.05. The lowest BCUT2D eigenvalue weighted by Crippen LogP contribution is -2.10. The Hall–Kier alpha value is -2.14. The van der Waals surface area contributed by atoms with E-state index < -0.39 is 5.97 Å². The SMILES string of the molecule is CCC(C)c1ccc(OCCSc2ccc(OCC(=O)O)c(C)c2)cc1. The Kier molecular flexibility index (Phi) is 7.85. The average Bonchev–Trinajstić information content (AvgIpc) is 2.64. The van der Waals surface area contributed by atoms with Crippen molar-refractivity contribution in [3.63, 3.8) is 0 Å². The monoisotopic (exact) mass is 374 g/mol. The topological polar surface area (TPSA) is 55.8 Å².